The zero-order valence-electron chi connectivity index (χ0n) is 22.1. The summed E-state index contributed by atoms with van der Waals surface area (Å²) in [4.78, 5) is 31.1. The van der Waals surface area contributed by atoms with Crippen LogP contribution in [0.2, 0.25) is 0 Å². The van der Waals surface area contributed by atoms with Crippen LogP contribution in [0.5, 0.6) is 0 Å². The highest BCUT2D eigenvalue weighted by Gasteiger charge is 2.33. The van der Waals surface area contributed by atoms with Gasteiger partial charge in [-0.15, -0.1) is 0 Å². The quantitative estimate of drug-likeness (QED) is 0.359. The molecule has 0 aromatic heterocycles. The maximum absolute atomic E-state index is 13.6. The summed E-state index contributed by atoms with van der Waals surface area (Å²) < 4.78 is 0. The highest BCUT2D eigenvalue weighted by atomic mass is 16.2. The summed E-state index contributed by atoms with van der Waals surface area (Å²) in [5, 5.41) is 5.13. The average Bonchev–Trinajstić information content (AvgIpc) is 2.96. The smallest absolute Gasteiger partial charge is 0.251 e. The molecule has 1 heterocycles. The van der Waals surface area contributed by atoms with Crippen LogP contribution in [0.4, 0.5) is 0 Å². The van der Waals surface area contributed by atoms with Gasteiger partial charge in [0.05, 0.1) is 6.04 Å². The van der Waals surface area contributed by atoms with E-state index >= 15 is 0 Å². The van der Waals surface area contributed by atoms with Gasteiger partial charge in [0.1, 0.15) is 6.04 Å². The molecule has 5 heteroatoms. The van der Waals surface area contributed by atoms with Gasteiger partial charge >= 0.3 is 0 Å². The molecule has 1 atom stereocenters. The van der Waals surface area contributed by atoms with Crippen LogP contribution in [0, 0.1) is 5.92 Å². The molecule has 1 aliphatic rings. The summed E-state index contributed by atoms with van der Waals surface area (Å²) in [6.07, 6.45) is 0. The van der Waals surface area contributed by atoms with Gasteiger partial charge in [0.15, 0.2) is 0 Å². The minimum atomic E-state index is -0.570. The average molecular weight is 506 g/mol. The van der Waals surface area contributed by atoms with Crippen LogP contribution >= 0.6 is 0 Å². The molecule has 1 fully saturated rings. The number of nitrogens with one attached hydrogen (secondary N) is 1. The van der Waals surface area contributed by atoms with Gasteiger partial charge in [-0.3, -0.25) is 14.5 Å². The molecule has 1 aliphatic heterocycles. The topological polar surface area (TPSA) is 52.7 Å². The Kier molecular flexibility index (Phi) is 7.85. The summed E-state index contributed by atoms with van der Waals surface area (Å²) in [6, 6.07) is 34.3. The van der Waals surface area contributed by atoms with E-state index in [1.165, 1.54) is 11.1 Å². The van der Waals surface area contributed by atoms with Crippen LogP contribution in [-0.2, 0) is 4.79 Å². The number of carbonyl (C=O) groups excluding carboxylic acids is 2. The first kappa shape index (κ1) is 25.7. The van der Waals surface area contributed by atoms with Crippen LogP contribution in [0.15, 0.2) is 103 Å². The van der Waals surface area contributed by atoms with Crippen LogP contribution in [-0.4, -0.2) is 53.8 Å². The van der Waals surface area contributed by atoms with E-state index in [4.69, 9.17) is 0 Å². The summed E-state index contributed by atoms with van der Waals surface area (Å²) >= 11 is 0. The Balaban J connectivity index is 1.27. The summed E-state index contributed by atoms with van der Waals surface area (Å²) in [6.45, 7) is 6.77. The van der Waals surface area contributed by atoms with Gasteiger partial charge in [0, 0.05) is 31.7 Å². The molecule has 1 saturated heterocycles. The van der Waals surface area contributed by atoms with E-state index in [1.807, 2.05) is 73.3 Å². The number of rotatable bonds is 7. The van der Waals surface area contributed by atoms with Crippen molar-refractivity contribution in [3.05, 3.63) is 120 Å². The number of hydrogen-bond donors (Lipinski definition) is 1. The molecule has 38 heavy (non-hydrogen) atoms. The number of carbonyl (C=O) groups is 2. The molecule has 4 aromatic rings. The molecule has 0 bridgehead atoms. The third-order valence-electron chi connectivity index (χ3n) is 7.45. The molecular weight excluding hydrogens is 470 g/mol. The number of fused-ring (bicyclic) bond motifs is 1. The Morgan fingerprint density at radius 3 is 1.82 bits per heavy atom. The number of amides is 2. The van der Waals surface area contributed by atoms with E-state index in [2.05, 4.69) is 58.7 Å². The van der Waals surface area contributed by atoms with Gasteiger partial charge in [0.25, 0.3) is 5.91 Å². The summed E-state index contributed by atoms with van der Waals surface area (Å²) in [5.41, 5.74) is 3.07. The minimum Gasteiger partial charge on any atom is -0.340 e. The number of nitrogens with zero attached hydrogens (tertiary/aromatic N) is 2. The first-order valence-corrected chi connectivity index (χ1v) is 13.4. The van der Waals surface area contributed by atoms with Crippen LogP contribution in [0.3, 0.4) is 0 Å². The Labute approximate surface area is 225 Å². The lowest BCUT2D eigenvalue weighted by atomic mass is 9.96. The third-order valence-corrected chi connectivity index (χ3v) is 7.45. The first-order valence-electron chi connectivity index (χ1n) is 13.4. The monoisotopic (exact) mass is 505 g/mol. The molecule has 194 valence electrons. The standard InChI is InChI=1S/C33H35N3O2/c1-24(2)30(34-32(37)29-18-17-25-11-9-10-16-28(25)23-29)33(38)36-21-19-35(20-22-36)31(26-12-5-3-6-13-26)27-14-7-4-8-15-27/h3-18,23-24,30-31H,19-22H2,1-2H3,(H,34,37). The lowest BCUT2D eigenvalue weighted by Gasteiger charge is -2.41. The minimum absolute atomic E-state index is 0.00948. The molecule has 2 amide bonds. The SMILES string of the molecule is CC(C)C(NC(=O)c1ccc2ccccc2c1)C(=O)N1CCN(C(c2ccccc2)c2ccccc2)CC1. The highest BCUT2D eigenvalue weighted by Crippen LogP contribution is 2.29. The van der Waals surface area contributed by atoms with E-state index in [-0.39, 0.29) is 23.8 Å². The Bertz CT molecular complexity index is 1340. The van der Waals surface area contributed by atoms with E-state index in [1.54, 1.807) is 0 Å². The van der Waals surface area contributed by atoms with Crippen LogP contribution < -0.4 is 5.32 Å². The lowest BCUT2D eigenvalue weighted by Crippen LogP contribution is -2.56. The van der Waals surface area contributed by atoms with Crippen molar-refractivity contribution in [1.29, 1.82) is 0 Å². The van der Waals surface area contributed by atoms with Gasteiger partial charge in [-0.25, -0.2) is 0 Å². The lowest BCUT2D eigenvalue weighted by molar-refractivity contribution is -0.136. The second kappa shape index (κ2) is 11.6. The number of piperazine rings is 1. The maximum Gasteiger partial charge on any atom is 0.251 e. The largest absolute Gasteiger partial charge is 0.340 e. The van der Waals surface area contributed by atoms with Crippen molar-refractivity contribution in [1.82, 2.24) is 15.1 Å². The molecule has 0 saturated carbocycles. The van der Waals surface area contributed by atoms with Crippen molar-refractivity contribution in [2.24, 2.45) is 5.92 Å². The Morgan fingerprint density at radius 2 is 1.24 bits per heavy atom. The van der Waals surface area contributed by atoms with Gasteiger partial charge in [-0.2, -0.15) is 0 Å². The third kappa shape index (κ3) is 5.63. The van der Waals surface area contributed by atoms with Gasteiger partial charge in [0.2, 0.25) is 5.91 Å². The van der Waals surface area contributed by atoms with E-state index < -0.39 is 6.04 Å². The molecule has 4 aromatic carbocycles. The van der Waals surface area contributed by atoms with E-state index in [0.717, 1.165) is 23.9 Å². The molecule has 0 aliphatic carbocycles. The second-order valence-corrected chi connectivity index (χ2v) is 10.3. The van der Waals surface area contributed by atoms with E-state index in [9.17, 15) is 9.59 Å². The molecular formula is C33H35N3O2. The fourth-order valence-electron chi connectivity index (χ4n) is 5.35. The second-order valence-electron chi connectivity index (χ2n) is 10.3. The van der Waals surface area contributed by atoms with E-state index in [0.29, 0.717) is 18.7 Å². The molecule has 1 N–H and O–H groups in total. The van der Waals surface area contributed by atoms with Crippen molar-refractivity contribution in [2.75, 3.05) is 26.2 Å². The molecule has 0 spiro atoms. The molecule has 1 unspecified atom stereocenters. The van der Waals surface area contributed by atoms with Crippen molar-refractivity contribution < 1.29 is 9.59 Å². The fourth-order valence-corrected chi connectivity index (χ4v) is 5.35. The van der Waals surface area contributed by atoms with Crippen molar-refractivity contribution in [3.8, 4) is 0 Å². The highest BCUT2D eigenvalue weighted by molar-refractivity contribution is 6.00. The Hall–Kier alpha value is -3.96. The molecule has 5 rings (SSSR count). The van der Waals surface area contributed by atoms with Crippen molar-refractivity contribution in [3.63, 3.8) is 0 Å². The number of benzene rings is 4. The fraction of sp³-hybridized carbons (Fsp3) is 0.273. The normalized spacial score (nSPS) is 15.1. The van der Waals surface area contributed by atoms with Crippen LogP contribution in [0.25, 0.3) is 10.8 Å². The molecule has 0 radical (unpaired) electrons. The molecule has 5 nitrogen and oxygen atoms in total. The summed E-state index contributed by atoms with van der Waals surface area (Å²) in [5.74, 6) is -0.245. The maximum atomic E-state index is 13.6. The predicted molar refractivity (Wildman–Crippen MR) is 153 cm³/mol. The van der Waals surface area contributed by atoms with Crippen molar-refractivity contribution in [2.45, 2.75) is 25.9 Å². The zero-order valence-corrected chi connectivity index (χ0v) is 22.1. The van der Waals surface area contributed by atoms with Gasteiger partial charge in [-0.05, 0) is 39.9 Å². The van der Waals surface area contributed by atoms with Crippen LogP contribution in [0.1, 0.15) is 41.4 Å². The van der Waals surface area contributed by atoms with Gasteiger partial charge < -0.3 is 10.2 Å². The van der Waals surface area contributed by atoms with Crippen molar-refractivity contribution >= 4 is 22.6 Å². The number of hydrogen-bond acceptors (Lipinski definition) is 3. The van der Waals surface area contributed by atoms with Gasteiger partial charge in [-0.1, -0.05) is 105 Å². The predicted octanol–water partition coefficient (Wildman–Crippen LogP) is 5.53. The Morgan fingerprint density at radius 1 is 0.684 bits per heavy atom. The first-order chi connectivity index (χ1) is 18.5. The summed E-state index contributed by atoms with van der Waals surface area (Å²) in [7, 11) is 0. The zero-order chi connectivity index (χ0) is 26.5.